The molecule has 1 atom stereocenters. The van der Waals surface area contributed by atoms with Gasteiger partial charge < -0.3 is 9.88 Å². The minimum Gasteiger partial charge on any atom is -0.309 e. The molecule has 1 aromatic heterocycles. The lowest BCUT2D eigenvalue weighted by Gasteiger charge is -2.15. The first-order valence-corrected chi connectivity index (χ1v) is 7.07. The highest BCUT2D eigenvalue weighted by atomic mass is 79.9. The van der Waals surface area contributed by atoms with E-state index in [0.29, 0.717) is 6.04 Å². The average Bonchev–Trinajstić information content (AvgIpc) is 2.98. The Kier molecular flexibility index (Phi) is 3.22. The van der Waals surface area contributed by atoms with E-state index in [4.69, 9.17) is 0 Å². The van der Waals surface area contributed by atoms with Gasteiger partial charge in [0, 0.05) is 16.2 Å². The molecular weight excluding hydrogens is 290 g/mol. The molecule has 3 nitrogen and oxygen atoms in total. The summed E-state index contributed by atoms with van der Waals surface area (Å²) >= 11 is 3.51. The normalized spacial score (nSPS) is 19.3. The van der Waals surface area contributed by atoms with Gasteiger partial charge in [-0.1, -0.05) is 15.9 Å². The summed E-state index contributed by atoms with van der Waals surface area (Å²) in [4.78, 5) is 4.32. The third kappa shape index (κ3) is 2.10. The number of hydrogen-bond donors (Lipinski definition) is 1. The lowest BCUT2D eigenvalue weighted by atomic mass is 10.1. The molecule has 3 rings (SSSR count). The first-order chi connectivity index (χ1) is 8.75. The van der Waals surface area contributed by atoms with Gasteiger partial charge in [0.15, 0.2) is 0 Å². The Morgan fingerprint density at radius 1 is 1.44 bits per heavy atom. The summed E-state index contributed by atoms with van der Waals surface area (Å²) in [5.74, 6) is 0. The summed E-state index contributed by atoms with van der Waals surface area (Å²) in [6.07, 6.45) is 6.33. The van der Waals surface area contributed by atoms with Gasteiger partial charge in [-0.3, -0.25) is 0 Å². The number of nitrogens with zero attached hydrogens (tertiary/aromatic N) is 2. The third-order valence-electron chi connectivity index (χ3n) is 3.50. The topological polar surface area (TPSA) is 29.9 Å². The van der Waals surface area contributed by atoms with E-state index < -0.39 is 0 Å². The molecule has 18 heavy (non-hydrogen) atoms. The van der Waals surface area contributed by atoms with Crippen LogP contribution in [0.1, 0.15) is 30.1 Å². The fraction of sp³-hybridized carbons (Fsp3) is 0.357. The molecule has 2 heterocycles. The van der Waals surface area contributed by atoms with Gasteiger partial charge in [-0.25, -0.2) is 4.98 Å². The van der Waals surface area contributed by atoms with Crippen molar-refractivity contribution in [3.05, 3.63) is 46.5 Å². The van der Waals surface area contributed by atoms with Crippen LogP contribution in [0.3, 0.4) is 0 Å². The molecule has 0 saturated carbocycles. The molecule has 0 bridgehead atoms. The number of nitrogens with one attached hydrogen (secondary N) is 1. The Hall–Kier alpha value is -1.13. The molecule has 1 aliphatic rings. The van der Waals surface area contributed by atoms with E-state index in [-0.39, 0.29) is 0 Å². The molecule has 0 amide bonds. The smallest absolute Gasteiger partial charge is 0.0994 e. The summed E-state index contributed by atoms with van der Waals surface area (Å²) in [6.45, 7) is 3.24. The van der Waals surface area contributed by atoms with Gasteiger partial charge in [0.05, 0.1) is 18.2 Å². The molecular formula is C14H16BrN3. The summed E-state index contributed by atoms with van der Waals surface area (Å²) in [5, 5.41) is 3.53. The Bertz CT molecular complexity index is 556. The summed E-state index contributed by atoms with van der Waals surface area (Å²) in [5.41, 5.74) is 3.72. The lowest BCUT2D eigenvalue weighted by Crippen LogP contribution is -2.16. The first kappa shape index (κ1) is 11.9. The first-order valence-electron chi connectivity index (χ1n) is 6.28. The summed E-state index contributed by atoms with van der Waals surface area (Å²) < 4.78 is 3.31. The van der Waals surface area contributed by atoms with Gasteiger partial charge >= 0.3 is 0 Å². The van der Waals surface area contributed by atoms with Gasteiger partial charge in [-0.15, -0.1) is 0 Å². The minimum absolute atomic E-state index is 0.440. The van der Waals surface area contributed by atoms with Crippen LogP contribution in [0.15, 0.2) is 35.2 Å². The number of rotatable bonds is 2. The molecule has 1 fully saturated rings. The second-order valence-electron chi connectivity index (χ2n) is 4.77. The predicted octanol–water partition coefficient (Wildman–Crippen LogP) is 3.37. The van der Waals surface area contributed by atoms with Crippen molar-refractivity contribution in [2.45, 2.75) is 25.8 Å². The van der Waals surface area contributed by atoms with Crippen LogP contribution in [0.2, 0.25) is 0 Å². The zero-order chi connectivity index (χ0) is 12.5. The summed E-state index contributed by atoms with van der Waals surface area (Å²) in [7, 11) is 0. The number of hydrogen-bond acceptors (Lipinski definition) is 2. The van der Waals surface area contributed by atoms with Crippen molar-refractivity contribution in [2.24, 2.45) is 0 Å². The second kappa shape index (κ2) is 4.86. The number of imidazole rings is 1. The van der Waals surface area contributed by atoms with Crippen LogP contribution in [0.4, 0.5) is 0 Å². The van der Waals surface area contributed by atoms with E-state index in [2.05, 4.69) is 55.9 Å². The minimum atomic E-state index is 0.440. The fourth-order valence-electron chi connectivity index (χ4n) is 2.59. The van der Waals surface area contributed by atoms with Crippen molar-refractivity contribution < 1.29 is 0 Å². The maximum absolute atomic E-state index is 4.32. The highest BCUT2D eigenvalue weighted by Gasteiger charge is 2.20. The Morgan fingerprint density at radius 3 is 3.06 bits per heavy atom. The highest BCUT2D eigenvalue weighted by molar-refractivity contribution is 9.10. The number of benzene rings is 1. The zero-order valence-corrected chi connectivity index (χ0v) is 11.9. The number of halogens is 1. The fourth-order valence-corrected chi connectivity index (χ4v) is 3.07. The van der Waals surface area contributed by atoms with Crippen molar-refractivity contribution >= 4 is 15.9 Å². The van der Waals surface area contributed by atoms with Crippen LogP contribution in [-0.2, 0) is 0 Å². The second-order valence-corrected chi connectivity index (χ2v) is 5.68. The molecule has 1 saturated heterocycles. The van der Waals surface area contributed by atoms with Gasteiger partial charge in [-0.2, -0.15) is 0 Å². The Labute approximate surface area is 115 Å². The van der Waals surface area contributed by atoms with Crippen LogP contribution in [0.5, 0.6) is 0 Å². The van der Waals surface area contributed by atoms with Crippen LogP contribution < -0.4 is 5.32 Å². The average molecular weight is 306 g/mol. The molecule has 2 aromatic rings. The molecule has 1 aromatic carbocycles. The van der Waals surface area contributed by atoms with Crippen LogP contribution >= 0.6 is 15.9 Å². The van der Waals surface area contributed by atoms with E-state index in [1.165, 1.54) is 29.8 Å². The van der Waals surface area contributed by atoms with E-state index >= 15 is 0 Å². The molecule has 1 N–H and O–H groups in total. The van der Waals surface area contributed by atoms with Crippen molar-refractivity contribution in [3.63, 3.8) is 0 Å². The molecule has 0 aliphatic carbocycles. The van der Waals surface area contributed by atoms with E-state index in [1.807, 2.05) is 12.5 Å². The molecule has 4 heteroatoms. The van der Waals surface area contributed by atoms with E-state index in [1.54, 1.807) is 0 Å². The monoisotopic (exact) mass is 305 g/mol. The largest absolute Gasteiger partial charge is 0.309 e. The number of aryl methyl sites for hydroxylation is 1. The van der Waals surface area contributed by atoms with E-state index in [9.17, 15) is 0 Å². The molecule has 0 spiro atoms. The quantitative estimate of drug-likeness (QED) is 0.922. The SMILES string of the molecule is Cc1cc(Br)ccc1-n1cncc1C1CCCN1. The van der Waals surface area contributed by atoms with Gasteiger partial charge in [-0.05, 0) is 50.1 Å². The van der Waals surface area contributed by atoms with Crippen molar-refractivity contribution in [1.82, 2.24) is 14.9 Å². The van der Waals surface area contributed by atoms with Crippen molar-refractivity contribution in [1.29, 1.82) is 0 Å². The molecule has 1 aliphatic heterocycles. The maximum Gasteiger partial charge on any atom is 0.0994 e. The maximum atomic E-state index is 4.32. The standard InChI is InChI=1S/C14H16BrN3/c1-10-7-11(15)4-5-13(10)18-9-16-8-14(18)12-3-2-6-17-12/h4-5,7-9,12,17H,2-3,6H2,1H3. The molecule has 94 valence electrons. The lowest BCUT2D eigenvalue weighted by molar-refractivity contribution is 0.615. The number of aromatic nitrogens is 2. The third-order valence-corrected chi connectivity index (χ3v) is 4.00. The predicted molar refractivity (Wildman–Crippen MR) is 76.0 cm³/mol. The van der Waals surface area contributed by atoms with Crippen LogP contribution in [0, 0.1) is 6.92 Å². The highest BCUT2D eigenvalue weighted by Crippen LogP contribution is 2.27. The van der Waals surface area contributed by atoms with Gasteiger partial charge in [0.25, 0.3) is 0 Å². The van der Waals surface area contributed by atoms with Crippen LogP contribution in [0.25, 0.3) is 5.69 Å². The Balaban J connectivity index is 2.03. The van der Waals surface area contributed by atoms with Crippen molar-refractivity contribution in [2.75, 3.05) is 6.54 Å². The van der Waals surface area contributed by atoms with E-state index in [0.717, 1.165) is 11.0 Å². The summed E-state index contributed by atoms with van der Waals surface area (Å²) in [6, 6.07) is 6.80. The zero-order valence-electron chi connectivity index (χ0n) is 10.4. The van der Waals surface area contributed by atoms with Gasteiger partial charge in [0.1, 0.15) is 0 Å². The van der Waals surface area contributed by atoms with Crippen molar-refractivity contribution in [3.8, 4) is 5.69 Å². The Morgan fingerprint density at radius 2 is 2.33 bits per heavy atom. The molecule has 0 radical (unpaired) electrons. The van der Waals surface area contributed by atoms with Crippen LogP contribution in [-0.4, -0.2) is 16.1 Å². The van der Waals surface area contributed by atoms with Gasteiger partial charge in [0.2, 0.25) is 0 Å². The molecule has 1 unspecified atom stereocenters.